The zero-order valence-electron chi connectivity index (χ0n) is 32.3. The molecule has 10 aromatic rings. The number of halogens is 2. The molecule has 0 bridgehead atoms. The van der Waals surface area contributed by atoms with Gasteiger partial charge in [0.25, 0.3) is 0 Å². The summed E-state index contributed by atoms with van der Waals surface area (Å²) >= 11 is 1.70. The van der Waals surface area contributed by atoms with Gasteiger partial charge in [-0.15, -0.1) is 11.3 Å². The second kappa shape index (κ2) is 12.0. The third kappa shape index (κ3) is 4.92. The van der Waals surface area contributed by atoms with E-state index in [0.717, 1.165) is 65.6 Å². The third-order valence-corrected chi connectivity index (χ3v) is 12.6. The Balaban J connectivity index is 1.21. The molecule has 0 radical (unpaired) electrons. The molecule has 7 heteroatoms. The fourth-order valence-corrected chi connectivity index (χ4v) is 9.71. The Morgan fingerprint density at radius 3 is 1.79 bits per heavy atom. The number of nitrogens with zero attached hydrogens (tertiary/aromatic N) is 4. The zero-order valence-corrected chi connectivity index (χ0v) is 33.2. The van der Waals surface area contributed by atoms with E-state index >= 15 is 8.78 Å². The molecule has 0 amide bonds. The Morgan fingerprint density at radius 1 is 0.544 bits per heavy atom. The Labute approximate surface area is 332 Å². The Kier molecular flexibility index (Phi) is 7.34. The quantitative estimate of drug-likeness (QED) is 0.180. The van der Waals surface area contributed by atoms with Crippen molar-refractivity contribution in [3.63, 3.8) is 0 Å². The van der Waals surface area contributed by atoms with Crippen molar-refractivity contribution in [3.05, 3.63) is 142 Å². The van der Waals surface area contributed by atoms with Crippen LogP contribution in [0.5, 0.6) is 0 Å². The van der Waals surface area contributed by atoms with Crippen molar-refractivity contribution in [2.24, 2.45) is 0 Å². The van der Waals surface area contributed by atoms with Crippen molar-refractivity contribution in [2.45, 2.75) is 52.4 Å². The van der Waals surface area contributed by atoms with E-state index in [0.29, 0.717) is 16.6 Å². The van der Waals surface area contributed by atoms with Crippen LogP contribution in [0.1, 0.15) is 63.8 Å². The van der Waals surface area contributed by atoms with E-state index in [-0.39, 0.29) is 22.1 Å². The summed E-state index contributed by atoms with van der Waals surface area (Å²) in [6.45, 7) is 12.8. The van der Waals surface area contributed by atoms with Gasteiger partial charge in [0.15, 0.2) is 11.6 Å². The summed E-state index contributed by atoms with van der Waals surface area (Å²) in [6, 6.07) is 38.0. The first kappa shape index (κ1) is 34.9. The summed E-state index contributed by atoms with van der Waals surface area (Å²) in [6.07, 6.45) is 0. The number of fused-ring (bicyclic) bond motifs is 9. The van der Waals surface area contributed by atoms with Crippen LogP contribution in [0.4, 0.5) is 8.78 Å². The van der Waals surface area contributed by atoms with Crippen molar-refractivity contribution in [1.82, 2.24) is 8.97 Å². The Hall–Kier alpha value is -6.54. The average molecular weight is 763 g/mol. The summed E-state index contributed by atoms with van der Waals surface area (Å²) in [5, 5.41) is 29.6. The molecule has 0 spiro atoms. The molecule has 4 aromatic heterocycles. The highest BCUT2D eigenvalue weighted by Crippen LogP contribution is 2.45. The van der Waals surface area contributed by atoms with Crippen molar-refractivity contribution in [1.29, 1.82) is 10.5 Å². The fourth-order valence-electron chi connectivity index (χ4n) is 8.78. The zero-order chi connectivity index (χ0) is 39.7. The van der Waals surface area contributed by atoms with Crippen LogP contribution in [0, 0.1) is 34.3 Å². The summed E-state index contributed by atoms with van der Waals surface area (Å²) in [5.74, 6) is -1.88. The molecule has 0 atom stereocenters. The molecule has 4 nitrogen and oxygen atoms in total. The second-order valence-corrected chi connectivity index (χ2v) is 18.0. The maximum Gasteiger partial charge on any atom is 0.167 e. The standard InChI is InChI=1S/C50H36F2N4S/c1-49(2,3)30-14-16-41-34(23-30)35-24-31(50(4,5)6)15-17-42(35)55(41)47-39(26-54)44(51)43(38(25-53)45(47)52)28-11-9-10-27(20-28)29-21-36-32-12-7-8-13-40(32)56-46(36)37(22-29)33-18-19-57-48(33)56/h7-24H,1-6H3. The molecule has 4 heterocycles. The Morgan fingerprint density at radius 2 is 1.16 bits per heavy atom. The second-order valence-electron chi connectivity index (χ2n) is 17.1. The lowest BCUT2D eigenvalue weighted by Gasteiger charge is -2.20. The third-order valence-electron chi connectivity index (χ3n) is 11.7. The minimum absolute atomic E-state index is 0.168. The molecule has 10 rings (SSSR count). The maximum atomic E-state index is 17.4. The molecule has 0 N–H and O–H groups in total. The molecule has 0 aliphatic rings. The monoisotopic (exact) mass is 762 g/mol. The lowest BCUT2D eigenvalue weighted by Crippen LogP contribution is -2.11. The van der Waals surface area contributed by atoms with E-state index in [2.05, 4.69) is 99.9 Å². The molecular formula is C50H36F2N4S. The number of nitriles is 2. The molecule has 0 saturated heterocycles. The summed E-state index contributed by atoms with van der Waals surface area (Å²) in [4.78, 5) is 1.18. The molecular weight excluding hydrogens is 727 g/mol. The minimum Gasteiger partial charge on any atom is -0.305 e. The number of benzene rings is 6. The number of hydrogen-bond donors (Lipinski definition) is 0. The Bertz CT molecular complexity index is 3350. The summed E-state index contributed by atoms with van der Waals surface area (Å²) in [7, 11) is 0. The molecule has 0 fully saturated rings. The van der Waals surface area contributed by atoms with Gasteiger partial charge < -0.3 is 4.57 Å². The smallest absolute Gasteiger partial charge is 0.167 e. The topological polar surface area (TPSA) is 56.9 Å². The number of thiophene rings is 1. The lowest BCUT2D eigenvalue weighted by molar-refractivity contribution is 0.590. The van der Waals surface area contributed by atoms with Gasteiger partial charge in [0.1, 0.15) is 33.8 Å². The SMILES string of the molecule is CC(C)(C)c1ccc2c(c1)c1cc(C(C)(C)C)ccc1n2-c1c(F)c(C#N)c(-c2cccc(-c3cc4c5ccccc5n5c6sccc6c(c3)c45)c2)c(F)c1C#N. The lowest BCUT2D eigenvalue weighted by atomic mass is 9.85. The van der Waals surface area contributed by atoms with E-state index in [1.807, 2.05) is 48.5 Å². The highest BCUT2D eigenvalue weighted by atomic mass is 32.1. The first-order chi connectivity index (χ1) is 27.3. The summed E-state index contributed by atoms with van der Waals surface area (Å²) < 4.78 is 38.6. The molecule has 6 aromatic carbocycles. The van der Waals surface area contributed by atoms with Gasteiger partial charge in [-0.1, -0.05) is 90.1 Å². The van der Waals surface area contributed by atoms with Gasteiger partial charge >= 0.3 is 0 Å². The van der Waals surface area contributed by atoms with E-state index < -0.39 is 22.8 Å². The number of aromatic nitrogens is 2. The van der Waals surface area contributed by atoms with Crippen LogP contribution in [-0.2, 0) is 10.8 Å². The van der Waals surface area contributed by atoms with Crippen molar-refractivity contribution in [3.8, 4) is 40.1 Å². The van der Waals surface area contributed by atoms with E-state index in [9.17, 15) is 10.5 Å². The number of rotatable bonds is 3. The predicted octanol–water partition coefficient (Wildman–Crippen LogP) is 13.9. The van der Waals surface area contributed by atoms with E-state index in [1.54, 1.807) is 34.1 Å². The van der Waals surface area contributed by atoms with Crippen LogP contribution in [0.2, 0.25) is 0 Å². The van der Waals surface area contributed by atoms with Gasteiger partial charge in [0.2, 0.25) is 0 Å². The predicted molar refractivity (Wildman–Crippen MR) is 231 cm³/mol. The molecule has 0 saturated carbocycles. The van der Waals surface area contributed by atoms with Gasteiger partial charge in [-0.05, 0) is 98.6 Å². The van der Waals surface area contributed by atoms with Crippen LogP contribution in [0.3, 0.4) is 0 Å². The molecule has 0 aliphatic heterocycles. The molecule has 276 valence electrons. The molecule has 57 heavy (non-hydrogen) atoms. The molecule has 0 unspecified atom stereocenters. The van der Waals surface area contributed by atoms with E-state index in [4.69, 9.17) is 0 Å². The van der Waals surface area contributed by atoms with Gasteiger partial charge in [0, 0.05) is 37.9 Å². The van der Waals surface area contributed by atoms with Crippen LogP contribution in [0.25, 0.3) is 87.2 Å². The van der Waals surface area contributed by atoms with Gasteiger partial charge in [-0.25, -0.2) is 8.78 Å². The number of hydrogen-bond acceptors (Lipinski definition) is 3. The first-order valence-corrected chi connectivity index (χ1v) is 19.9. The largest absolute Gasteiger partial charge is 0.305 e. The average Bonchev–Trinajstić information content (AvgIpc) is 3.95. The van der Waals surface area contributed by atoms with Crippen LogP contribution in [-0.4, -0.2) is 8.97 Å². The highest BCUT2D eigenvalue weighted by Gasteiger charge is 2.30. The van der Waals surface area contributed by atoms with Gasteiger partial charge in [0.05, 0.1) is 22.1 Å². The van der Waals surface area contributed by atoms with Crippen molar-refractivity contribution >= 4 is 70.6 Å². The number of para-hydroxylation sites is 1. The summed E-state index contributed by atoms with van der Waals surface area (Å²) in [5.41, 5.74) is 5.96. The van der Waals surface area contributed by atoms with Gasteiger partial charge in [-0.2, -0.15) is 10.5 Å². The van der Waals surface area contributed by atoms with E-state index in [1.165, 1.54) is 4.83 Å². The van der Waals surface area contributed by atoms with Crippen LogP contribution < -0.4 is 0 Å². The minimum atomic E-state index is -0.943. The first-order valence-electron chi connectivity index (χ1n) is 19.0. The van der Waals surface area contributed by atoms with Gasteiger partial charge in [-0.3, -0.25) is 4.40 Å². The maximum absolute atomic E-state index is 17.4. The van der Waals surface area contributed by atoms with Crippen LogP contribution in [0.15, 0.2) is 109 Å². The van der Waals surface area contributed by atoms with Crippen LogP contribution >= 0.6 is 11.3 Å². The van der Waals surface area contributed by atoms with Crippen molar-refractivity contribution in [2.75, 3.05) is 0 Å². The normalized spacial score (nSPS) is 12.5. The highest BCUT2D eigenvalue weighted by molar-refractivity contribution is 7.17. The van der Waals surface area contributed by atoms with Crippen molar-refractivity contribution < 1.29 is 8.78 Å². The molecule has 0 aliphatic carbocycles. The fraction of sp³-hybridized carbons (Fsp3) is 0.160.